The Hall–Kier alpha value is -2.22. The van der Waals surface area contributed by atoms with E-state index < -0.39 is 15.9 Å². The summed E-state index contributed by atoms with van der Waals surface area (Å²) >= 11 is 0. The van der Waals surface area contributed by atoms with Crippen molar-refractivity contribution >= 4 is 27.4 Å². The molecule has 2 aliphatic heterocycles. The molecule has 1 aromatic carbocycles. The monoisotopic (exact) mass is 389 g/mol. The Balaban J connectivity index is 1.54. The number of nitrogens with zero attached hydrogens (tertiary/aromatic N) is 3. The third-order valence-corrected chi connectivity index (χ3v) is 7.06. The zero-order valence-electron chi connectivity index (χ0n) is 15.1. The number of hydrogen-bond donors (Lipinski definition) is 0. The first-order chi connectivity index (χ1) is 12.9. The molecule has 1 aliphatic carbocycles. The minimum Gasteiger partial charge on any atom is -0.330 e. The highest BCUT2D eigenvalue weighted by molar-refractivity contribution is 7.91. The average Bonchev–Trinajstić information content (AvgIpc) is 3.43. The summed E-state index contributed by atoms with van der Waals surface area (Å²) in [7, 11) is -3.12. The fourth-order valence-electron chi connectivity index (χ4n) is 3.68. The van der Waals surface area contributed by atoms with Crippen LogP contribution in [0.1, 0.15) is 37.7 Å². The minimum atomic E-state index is -3.12. The largest absolute Gasteiger partial charge is 0.330 e. The fourth-order valence-corrected chi connectivity index (χ4v) is 5.37. The van der Waals surface area contributed by atoms with Crippen molar-refractivity contribution in [1.29, 1.82) is 0 Å². The average molecular weight is 389 g/mol. The third-order valence-electron chi connectivity index (χ3n) is 5.31. The van der Waals surface area contributed by atoms with Crippen LogP contribution in [0.2, 0.25) is 0 Å². The van der Waals surface area contributed by atoms with Crippen LogP contribution in [0.25, 0.3) is 0 Å². The molecule has 0 radical (unpaired) electrons. The summed E-state index contributed by atoms with van der Waals surface area (Å²) in [6.07, 6.45) is 2.86. The van der Waals surface area contributed by atoms with Crippen molar-refractivity contribution in [2.45, 2.75) is 50.7 Å². The Kier molecular flexibility index (Phi) is 4.75. The molecule has 1 atom stereocenters. The van der Waals surface area contributed by atoms with Gasteiger partial charge in [-0.1, -0.05) is 30.3 Å². The van der Waals surface area contributed by atoms with Gasteiger partial charge >= 0.3 is 0 Å². The molecular weight excluding hydrogens is 366 g/mol. The van der Waals surface area contributed by atoms with Crippen LogP contribution in [0.4, 0.5) is 0 Å². The van der Waals surface area contributed by atoms with Gasteiger partial charge in [0.1, 0.15) is 5.71 Å². The number of sulfone groups is 1. The quantitative estimate of drug-likeness (QED) is 0.760. The molecule has 27 heavy (non-hydrogen) atoms. The molecular formula is C19H23N3O4S. The second kappa shape index (κ2) is 7.07. The summed E-state index contributed by atoms with van der Waals surface area (Å²) < 4.78 is 23.5. The number of hydrazone groups is 1. The molecule has 2 fully saturated rings. The molecule has 0 bridgehead atoms. The molecule has 2 amide bonds. The Morgan fingerprint density at radius 3 is 2.52 bits per heavy atom. The first kappa shape index (κ1) is 18.2. The lowest BCUT2D eigenvalue weighted by Crippen LogP contribution is -2.45. The summed E-state index contributed by atoms with van der Waals surface area (Å²) in [5, 5.41) is 5.59. The maximum atomic E-state index is 13.1. The molecule has 0 aromatic heterocycles. The zero-order chi connectivity index (χ0) is 19.0. The number of carbonyl (C=O) groups excluding carboxylic acids is 2. The van der Waals surface area contributed by atoms with E-state index in [-0.39, 0.29) is 35.8 Å². The Morgan fingerprint density at radius 1 is 1.15 bits per heavy atom. The molecule has 0 N–H and O–H groups in total. The Morgan fingerprint density at radius 2 is 1.89 bits per heavy atom. The van der Waals surface area contributed by atoms with Gasteiger partial charge in [-0.15, -0.1) is 0 Å². The number of rotatable bonds is 5. The fraction of sp³-hybridized carbons (Fsp3) is 0.526. The summed E-state index contributed by atoms with van der Waals surface area (Å²) in [4.78, 5) is 27.2. The molecule has 1 aromatic rings. The van der Waals surface area contributed by atoms with Crippen LogP contribution < -0.4 is 0 Å². The summed E-state index contributed by atoms with van der Waals surface area (Å²) in [6, 6.07) is 9.59. The van der Waals surface area contributed by atoms with E-state index in [9.17, 15) is 18.0 Å². The molecule has 0 spiro atoms. The molecule has 1 unspecified atom stereocenters. The SMILES string of the molecule is O=C(C1=NN(C2CCS(=O)(=O)C2)C(=O)CC1)N(Cc1ccccc1)C1CC1. The van der Waals surface area contributed by atoms with Crippen molar-refractivity contribution in [3.63, 3.8) is 0 Å². The normalized spacial score (nSPS) is 24.6. The standard InChI is InChI=1S/C19H23N3O4S/c23-18-9-8-17(20-22(18)16-10-11-27(25,26)13-16)19(24)21(15-6-7-15)12-14-4-2-1-3-5-14/h1-5,15-16H,6-13H2. The van der Waals surface area contributed by atoms with E-state index in [1.807, 2.05) is 35.2 Å². The molecule has 2 heterocycles. The molecule has 1 saturated heterocycles. The smallest absolute Gasteiger partial charge is 0.270 e. The Labute approximate surface area is 158 Å². The van der Waals surface area contributed by atoms with Crippen LogP contribution in [-0.2, 0) is 26.0 Å². The van der Waals surface area contributed by atoms with Crippen molar-refractivity contribution in [3.8, 4) is 0 Å². The van der Waals surface area contributed by atoms with E-state index in [0.29, 0.717) is 25.1 Å². The second-order valence-corrected chi connectivity index (χ2v) is 9.72. The maximum Gasteiger partial charge on any atom is 0.270 e. The van der Waals surface area contributed by atoms with Crippen LogP contribution in [0.5, 0.6) is 0 Å². The van der Waals surface area contributed by atoms with Crippen LogP contribution in [0.3, 0.4) is 0 Å². The number of carbonyl (C=O) groups is 2. The van der Waals surface area contributed by atoms with Crippen LogP contribution >= 0.6 is 0 Å². The predicted octanol–water partition coefficient (Wildman–Crippen LogP) is 1.34. The van der Waals surface area contributed by atoms with E-state index >= 15 is 0 Å². The Bertz CT molecular complexity index is 877. The van der Waals surface area contributed by atoms with Gasteiger partial charge in [0.05, 0.1) is 17.5 Å². The maximum absolute atomic E-state index is 13.1. The van der Waals surface area contributed by atoms with E-state index in [1.54, 1.807) is 0 Å². The molecule has 3 aliphatic rings. The van der Waals surface area contributed by atoms with Crippen LogP contribution in [-0.4, -0.2) is 59.4 Å². The molecule has 144 valence electrons. The third kappa shape index (κ3) is 4.05. The summed E-state index contributed by atoms with van der Waals surface area (Å²) in [5.41, 5.74) is 1.42. The van der Waals surface area contributed by atoms with Crippen molar-refractivity contribution in [2.24, 2.45) is 5.10 Å². The van der Waals surface area contributed by atoms with Crippen molar-refractivity contribution < 1.29 is 18.0 Å². The van der Waals surface area contributed by atoms with Crippen molar-refractivity contribution in [2.75, 3.05) is 11.5 Å². The molecule has 1 saturated carbocycles. The number of hydrogen-bond acceptors (Lipinski definition) is 5. The highest BCUT2D eigenvalue weighted by Gasteiger charge is 2.39. The van der Waals surface area contributed by atoms with E-state index in [2.05, 4.69) is 5.10 Å². The van der Waals surface area contributed by atoms with E-state index in [0.717, 1.165) is 18.4 Å². The van der Waals surface area contributed by atoms with E-state index in [4.69, 9.17) is 0 Å². The predicted molar refractivity (Wildman–Crippen MR) is 101 cm³/mol. The summed E-state index contributed by atoms with van der Waals surface area (Å²) in [6.45, 7) is 0.523. The first-order valence-corrected chi connectivity index (χ1v) is 11.2. The van der Waals surface area contributed by atoms with Crippen LogP contribution in [0.15, 0.2) is 35.4 Å². The van der Waals surface area contributed by atoms with Gasteiger partial charge in [0.2, 0.25) is 5.91 Å². The van der Waals surface area contributed by atoms with Gasteiger partial charge in [-0.2, -0.15) is 5.10 Å². The highest BCUT2D eigenvalue weighted by atomic mass is 32.2. The zero-order valence-corrected chi connectivity index (χ0v) is 15.9. The van der Waals surface area contributed by atoms with Gasteiger partial charge in [0.25, 0.3) is 5.91 Å². The molecule has 7 nitrogen and oxygen atoms in total. The van der Waals surface area contributed by atoms with Crippen molar-refractivity contribution in [3.05, 3.63) is 35.9 Å². The van der Waals surface area contributed by atoms with Gasteiger partial charge in [-0.3, -0.25) is 9.59 Å². The van der Waals surface area contributed by atoms with Gasteiger partial charge in [-0.05, 0) is 24.8 Å². The second-order valence-electron chi connectivity index (χ2n) is 7.49. The van der Waals surface area contributed by atoms with Gasteiger partial charge in [0.15, 0.2) is 9.84 Å². The number of benzene rings is 1. The van der Waals surface area contributed by atoms with E-state index in [1.165, 1.54) is 5.01 Å². The minimum absolute atomic E-state index is 0.0694. The lowest BCUT2D eigenvalue weighted by atomic mass is 10.1. The van der Waals surface area contributed by atoms with Gasteiger partial charge in [0, 0.05) is 25.4 Å². The highest BCUT2D eigenvalue weighted by Crippen LogP contribution is 2.30. The summed E-state index contributed by atoms with van der Waals surface area (Å²) in [5.74, 6) is -0.336. The number of amides is 2. The van der Waals surface area contributed by atoms with Gasteiger partial charge < -0.3 is 4.90 Å². The first-order valence-electron chi connectivity index (χ1n) is 9.38. The molecule has 4 rings (SSSR count). The topological polar surface area (TPSA) is 87.1 Å². The van der Waals surface area contributed by atoms with Gasteiger partial charge in [-0.25, -0.2) is 13.4 Å². The van der Waals surface area contributed by atoms with Crippen LogP contribution in [0, 0.1) is 0 Å². The van der Waals surface area contributed by atoms with Crippen molar-refractivity contribution in [1.82, 2.24) is 9.91 Å². The molecule has 8 heteroatoms. The lowest BCUT2D eigenvalue weighted by molar-refractivity contribution is -0.134. The lowest BCUT2D eigenvalue weighted by Gasteiger charge is -2.30.